The van der Waals surface area contributed by atoms with E-state index >= 15 is 0 Å². The number of aromatic amines is 1. The van der Waals surface area contributed by atoms with Gasteiger partial charge < -0.3 is 4.90 Å². The fourth-order valence-electron chi connectivity index (χ4n) is 3.92. The number of hydrogen-bond donors (Lipinski definition) is 1. The zero-order valence-electron chi connectivity index (χ0n) is 20.2. The van der Waals surface area contributed by atoms with Gasteiger partial charge in [-0.1, -0.05) is 13.0 Å². The maximum Gasteiger partial charge on any atom is 0.433 e. The predicted molar refractivity (Wildman–Crippen MR) is 124 cm³/mol. The third kappa shape index (κ3) is 4.89. The third-order valence-electron chi connectivity index (χ3n) is 6.01. The Balaban J connectivity index is 1.77. The van der Waals surface area contributed by atoms with Crippen LogP contribution in [-0.2, 0) is 6.18 Å². The van der Waals surface area contributed by atoms with Crippen LogP contribution in [0.3, 0.4) is 0 Å². The van der Waals surface area contributed by atoms with Gasteiger partial charge in [0.25, 0.3) is 12.0 Å². The van der Waals surface area contributed by atoms with Crippen LogP contribution in [0.25, 0.3) is 11.0 Å². The van der Waals surface area contributed by atoms with Crippen molar-refractivity contribution in [1.29, 1.82) is 5.26 Å². The fraction of sp³-hybridized carbons (Fsp3) is 0.348. The standard InChI is InChI=1S/C23H20F5N9O/c1-4-15(19-31-9-13(10-32-19)18(24)25)36(3)22-33-20-17(21(38)34-22)14(7-29)35-37(20)11(2)12-5-6-16(30-8-12)23(26,27)28/h5-6,8-11,15,18H,4H2,1-3H3,(H,33,34,38). The van der Waals surface area contributed by atoms with Crippen molar-refractivity contribution < 1.29 is 22.0 Å². The first-order valence-corrected chi connectivity index (χ1v) is 11.2. The lowest BCUT2D eigenvalue weighted by Gasteiger charge is -2.26. The maximum atomic E-state index is 13.0. The highest BCUT2D eigenvalue weighted by Gasteiger charge is 2.32. The van der Waals surface area contributed by atoms with Crippen molar-refractivity contribution in [3.63, 3.8) is 0 Å². The number of nitriles is 1. The van der Waals surface area contributed by atoms with Gasteiger partial charge in [-0.25, -0.2) is 23.4 Å². The van der Waals surface area contributed by atoms with Crippen LogP contribution in [0.1, 0.15) is 67.1 Å². The first-order chi connectivity index (χ1) is 18.0. The molecule has 0 bridgehead atoms. The first kappa shape index (κ1) is 26.6. The van der Waals surface area contributed by atoms with Crippen molar-refractivity contribution in [3.8, 4) is 6.07 Å². The van der Waals surface area contributed by atoms with Gasteiger partial charge in [0.2, 0.25) is 5.95 Å². The molecule has 4 heterocycles. The number of anilines is 1. The summed E-state index contributed by atoms with van der Waals surface area (Å²) in [6.45, 7) is 3.41. The van der Waals surface area contributed by atoms with E-state index in [1.165, 1.54) is 10.7 Å². The molecule has 1 N–H and O–H groups in total. The molecule has 0 saturated carbocycles. The summed E-state index contributed by atoms with van der Waals surface area (Å²) >= 11 is 0. The Morgan fingerprint density at radius 2 is 1.79 bits per heavy atom. The minimum Gasteiger partial charge on any atom is -0.335 e. The molecular weight excluding hydrogens is 513 g/mol. The quantitative estimate of drug-likeness (QED) is 0.348. The first-order valence-electron chi connectivity index (χ1n) is 11.2. The number of nitrogens with zero attached hydrogens (tertiary/aromatic N) is 8. The predicted octanol–water partition coefficient (Wildman–Crippen LogP) is 4.33. The smallest absolute Gasteiger partial charge is 0.335 e. The molecule has 2 atom stereocenters. The molecule has 0 saturated heterocycles. The fourth-order valence-corrected chi connectivity index (χ4v) is 3.92. The molecule has 15 heteroatoms. The number of pyridine rings is 1. The maximum absolute atomic E-state index is 13.0. The average molecular weight is 533 g/mol. The van der Waals surface area contributed by atoms with Crippen molar-refractivity contribution in [3.05, 3.63) is 69.4 Å². The SMILES string of the molecule is CCC(c1ncc(C(F)F)cn1)N(C)c1nc2c(c(C#N)nn2C(C)c2ccc(C(F)(F)F)nc2)c(=O)[nH]1. The van der Waals surface area contributed by atoms with Crippen LogP contribution in [0.4, 0.5) is 27.9 Å². The van der Waals surface area contributed by atoms with E-state index in [9.17, 15) is 32.0 Å². The Hall–Kier alpha value is -4.48. The molecule has 198 valence electrons. The minimum atomic E-state index is -4.61. The number of hydrogen-bond acceptors (Lipinski definition) is 8. The monoisotopic (exact) mass is 533 g/mol. The van der Waals surface area contributed by atoms with Crippen LogP contribution in [-0.4, -0.2) is 41.7 Å². The van der Waals surface area contributed by atoms with Crippen LogP contribution in [0, 0.1) is 11.3 Å². The second-order valence-corrected chi connectivity index (χ2v) is 8.35. The number of rotatable bonds is 7. The minimum absolute atomic E-state index is 0.0170. The van der Waals surface area contributed by atoms with Gasteiger partial charge in [0, 0.05) is 25.6 Å². The van der Waals surface area contributed by atoms with Gasteiger partial charge in [-0.05, 0) is 25.0 Å². The summed E-state index contributed by atoms with van der Waals surface area (Å²) in [5, 5.41) is 13.6. The molecule has 0 spiro atoms. The zero-order chi connectivity index (χ0) is 27.8. The zero-order valence-corrected chi connectivity index (χ0v) is 20.2. The molecule has 38 heavy (non-hydrogen) atoms. The summed E-state index contributed by atoms with van der Waals surface area (Å²) < 4.78 is 65.8. The van der Waals surface area contributed by atoms with E-state index in [-0.39, 0.29) is 34.1 Å². The molecule has 4 aromatic rings. The van der Waals surface area contributed by atoms with E-state index in [1.54, 1.807) is 25.8 Å². The van der Waals surface area contributed by atoms with Gasteiger partial charge in [0.15, 0.2) is 17.2 Å². The number of fused-ring (bicyclic) bond motifs is 1. The molecule has 0 fully saturated rings. The Morgan fingerprint density at radius 3 is 2.32 bits per heavy atom. The highest BCUT2D eigenvalue weighted by Crippen LogP contribution is 2.30. The van der Waals surface area contributed by atoms with E-state index in [0.717, 1.165) is 24.7 Å². The van der Waals surface area contributed by atoms with Crippen molar-refractivity contribution >= 4 is 17.0 Å². The highest BCUT2D eigenvalue weighted by atomic mass is 19.4. The van der Waals surface area contributed by atoms with Crippen molar-refractivity contribution in [2.45, 2.75) is 45.0 Å². The van der Waals surface area contributed by atoms with Crippen LogP contribution in [0.15, 0.2) is 35.5 Å². The number of nitrogens with one attached hydrogen (secondary N) is 1. The summed E-state index contributed by atoms with van der Waals surface area (Å²) in [4.78, 5) is 33.2. The molecule has 4 aromatic heterocycles. The summed E-state index contributed by atoms with van der Waals surface area (Å²) in [6.07, 6.45) is -3.82. The number of alkyl halides is 5. The normalized spacial score (nSPS) is 13.5. The van der Waals surface area contributed by atoms with Gasteiger partial charge in [-0.3, -0.25) is 14.8 Å². The van der Waals surface area contributed by atoms with Gasteiger partial charge in [-0.2, -0.15) is 28.5 Å². The van der Waals surface area contributed by atoms with Crippen LogP contribution >= 0.6 is 0 Å². The van der Waals surface area contributed by atoms with Crippen molar-refractivity contribution in [1.82, 2.24) is 34.7 Å². The number of H-pyrrole nitrogens is 1. The Labute approximate surface area is 211 Å². The van der Waals surface area contributed by atoms with Gasteiger partial charge in [0.05, 0.1) is 17.6 Å². The molecule has 10 nitrogen and oxygen atoms in total. The summed E-state index contributed by atoms with van der Waals surface area (Å²) in [5.74, 6) is 0.275. The van der Waals surface area contributed by atoms with Gasteiger partial charge in [0.1, 0.15) is 17.1 Å². The van der Waals surface area contributed by atoms with E-state index in [0.29, 0.717) is 12.0 Å². The highest BCUT2D eigenvalue weighted by molar-refractivity contribution is 5.81. The number of halogens is 5. The number of aromatic nitrogens is 7. The molecule has 0 amide bonds. The molecule has 0 aliphatic carbocycles. The van der Waals surface area contributed by atoms with Gasteiger partial charge in [-0.15, -0.1) is 0 Å². The average Bonchev–Trinajstić information content (AvgIpc) is 3.27. The second-order valence-electron chi connectivity index (χ2n) is 8.35. The second kappa shape index (κ2) is 10.1. The van der Waals surface area contributed by atoms with E-state index in [4.69, 9.17) is 0 Å². The third-order valence-corrected chi connectivity index (χ3v) is 6.01. The summed E-state index contributed by atoms with van der Waals surface area (Å²) in [7, 11) is 1.60. The lowest BCUT2D eigenvalue weighted by atomic mass is 10.1. The Kier molecular flexibility index (Phi) is 7.07. The van der Waals surface area contributed by atoms with E-state index < -0.39 is 35.9 Å². The molecule has 0 aromatic carbocycles. The van der Waals surface area contributed by atoms with Crippen LogP contribution in [0.2, 0.25) is 0 Å². The van der Waals surface area contributed by atoms with E-state index in [1.807, 2.05) is 6.07 Å². The van der Waals surface area contributed by atoms with Crippen LogP contribution in [0.5, 0.6) is 0 Å². The lowest BCUT2D eigenvalue weighted by molar-refractivity contribution is -0.141. The largest absolute Gasteiger partial charge is 0.433 e. The molecule has 2 unspecified atom stereocenters. The topological polar surface area (TPSA) is 129 Å². The Bertz CT molecular complexity index is 1540. The summed E-state index contributed by atoms with van der Waals surface area (Å²) in [5.41, 5.74) is -1.93. The molecule has 0 aliphatic rings. The van der Waals surface area contributed by atoms with Crippen molar-refractivity contribution in [2.24, 2.45) is 0 Å². The van der Waals surface area contributed by atoms with Gasteiger partial charge >= 0.3 is 6.18 Å². The van der Waals surface area contributed by atoms with E-state index in [2.05, 4.69) is 30.0 Å². The molecular formula is C23H20F5N9O. The molecule has 4 rings (SSSR count). The summed E-state index contributed by atoms with van der Waals surface area (Å²) in [6, 6.07) is 2.59. The lowest BCUT2D eigenvalue weighted by Crippen LogP contribution is -2.29. The molecule has 0 aliphatic heterocycles. The van der Waals surface area contributed by atoms with Crippen molar-refractivity contribution in [2.75, 3.05) is 11.9 Å². The molecule has 0 radical (unpaired) electrons. The Morgan fingerprint density at radius 1 is 1.13 bits per heavy atom. The van der Waals surface area contributed by atoms with Crippen LogP contribution < -0.4 is 10.5 Å².